The molecule has 1 saturated carbocycles. The highest BCUT2D eigenvalue weighted by atomic mass is 16.5. The van der Waals surface area contributed by atoms with Gasteiger partial charge < -0.3 is 9.15 Å². The molecule has 0 saturated heterocycles. The molecule has 0 aliphatic heterocycles. The number of aromatic nitrogens is 2. The highest BCUT2D eigenvalue weighted by molar-refractivity contribution is 6.27. The first-order valence-electron chi connectivity index (χ1n) is 8.46. The van der Waals surface area contributed by atoms with E-state index in [0.29, 0.717) is 12.5 Å². The fourth-order valence-electron chi connectivity index (χ4n) is 2.98. The van der Waals surface area contributed by atoms with Gasteiger partial charge in [-0.05, 0) is 32.1 Å². The van der Waals surface area contributed by atoms with Crippen LogP contribution >= 0.6 is 0 Å². The predicted octanol–water partition coefficient (Wildman–Crippen LogP) is 2.65. The highest BCUT2D eigenvalue weighted by Gasteiger charge is 2.30. The van der Waals surface area contributed by atoms with Crippen molar-refractivity contribution in [3.05, 3.63) is 5.89 Å². The molecule has 0 spiro atoms. The predicted molar refractivity (Wildman–Crippen MR) is 84.1 cm³/mol. The summed E-state index contributed by atoms with van der Waals surface area (Å²) in [5.74, 6) is 0.911. The zero-order valence-corrected chi connectivity index (χ0v) is 13.4. The zero-order chi connectivity index (χ0) is 15.8. The van der Waals surface area contributed by atoms with Gasteiger partial charge in [0.15, 0.2) is 13.6 Å². The van der Waals surface area contributed by atoms with E-state index in [1.807, 2.05) is 0 Å². The summed E-state index contributed by atoms with van der Waals surface area (Å²) in [4.78, 5) is 12.0. The first-order chi connectivity index (χ1) is 10.7. The Bertz CT molecular complexity index is 456. The molecular weight excluding hydrogens is 279 g/mol. The summed E-state index contributed by atoms with van der Waals surface area (Å²) in [6.45, 7) is 2.75. The summed E-state index contributed by atoms with van der Waals surface area (Å²) in [5.41, 5.74) is 0. The lowest BCUT2D eigenvalue weighted by atomic mass is 9.82. The van der Waals surface area contributed by atoms with Gasteiger partial charge in [0.2, 0.25) is 5.89 Å². The van der Waals surface area contributed by atoms with Crippen molar-refractivity contribution in [3.63, 3.8) is 0 Å². The number of unbranched alkanes of at least 4 members (excludes halogenated alkanes) is 4. The summed E-state index contributed by atoms with van der Waals surface area (Å²) in [5, 5.41) is 7.62. The molecule has 1 heterocycles. The van der Waals surface area contributed by atoms with Crippen LogP contribution in [0, 0.1) is 5.92 Å². The van der Waals surface area contributed by atoms with Crippen LogP contribution in [0.4, 0.5) is 0 Å². The van der Waals surface area contributed by atoms with Crippen molar-refractivity contribution in [3.8, 4) is 0 Å². The van der Waals surface area contributed by atoms with E-state index >= 15 is 0 Å². The van der Waals surface area contributed by atoms with Crippen LogP contribution in [-0.4, -0.2) is 30.6 Å². The van der Waals surface area contributed by atoms with Crippen molar-refractivity contribution in [2.24, 2.45) is 5.92 Å². The number of carbonyl (C=O) groups is 1. The number of nitrogens with zero attached hydrogens (tertiary/aromatic N) is 2. The maximum atomic E-state index is 12.0. The fraction of sp³-hybridized carbons (Fsp3) is 0.812. The lowest BCUT2D eigenvalue weighted by molar-refractivity contribution is -0.149. The van der Waals surface area contributed by atoms with Crippen LogP contribution in [0.25, 0.3) is 0 Å². The lowest BCUT2D eigenvalue weighted by Gasteiger charge is -2.25. The maximum absolute atomic E-state index is 12.0. The minimum Gasteiger partial charge on any atom is -0.465 e. The first-order valence-corrected chi connectivity index (χ1v) is 8.46. The normalized spacial score (nSPS) is 21.7. The summed E-state index contributed by atoms with van der Waals surface area (Å²) >= 11 is 0. The van der Waals surface area contributed by atoms with E-state index in [0.717, 1.165) is 38.5 Å². The van der Waals surface area contributed by atoms with Gasteiger partial charge in [0, 0.05) is 5.92 Å². The first kappa shape index (κ1) is 17.0. The number of carbonyl (C=O) groups excluding carboxylic acids is 1. The van der Waals surface area contributed by atoms with Gasteiger partial charge in [0.25, 0.3) is 0 Å². The molecule has 1 aromatic heterocycles. The van der Waals surface area contributed by atoms with Crippen LogP contribution in [0.1, 0.15) is 76.5 Å². The zero-order valence-electron chi connectivity index (χ0n) is 13.4. The van der Waals surface area contributed by atoms with Gasteiger partial charge in [-0.3, -0.25) is 4.79 Å². The van der Waals surface area contributed by atoms with Crippen molar-refractivity contribution in [1.29, 1.82) is 0 Å². The molecule has 120 valence electrons. The molecule has 0 bridgehead atoms. The van der Waals surface area contributed by atoms with E-state index in [9.17, 15) is 4.79 Å². The van der Waals surface area contributed by atoms with Crippen molar-refractivity contribution in [2.75, 3.05) is 6.61 Å². The molecule has 0 amide bonds. The second-order valence-electron chi connectivity index (χ2n) is 6.11. The molecule has 6 heteroatoms. The topological polar surface area (TPSA) is 65.2 Å². The molecule has 0 atom stereocenters. The third-order valence-corrected chi connectivity index (χ3v) is 4.36. The second kappa shape index (κ2) is 8.96. The van der Waals surface area contributed by atoms with Gasteiger partial charge in [-0.25, -0.2) is 0 Å². The quantitative estimate of drug-likeness (QED) is 0.420. The van der Waals surface area contributed by atoms with Crippen LogP contribution in [0.2, 0.25) is 0 Å². The lowest BCUT2D eigenvalue weighted by Crippen LogP contribution is -2.23. The van der Waals surface area contributed by atoms with Gasteiger partial charge in [0.1, 0.15) is 0 Å². The van der Waals surface area contributed by atoms with Crippen LogP contribution < -0.4 is 5.79 Å². The number of hydrogen-bond acceptors (Lipinski definition) is 5. The highest BCUT2D eigenvalue weighted by Crippen LogP contribution is 2.35. The Morgan fingerprint density at radius 1 is 1.18 bits per heavy atom. The molecule has 0 unspecified atom stereocenters. The van der Waals surface area contributed by atoms with Gasteiger partial charge in [0.05, 0.1) is 12.5 Å². The standard InChI is InChI=1S/C16H25BN2O3/c1-2-3-4-5-6-11-21-15(20)13-9-7-12(8-10-13)14-18-19-16(17)22-14/h12-13H,2-11H2,1H3. The largest absolute Gasteiger partial charge is 0.465 e. The summed E-state index contributed by atoms with van der Waals surface area (Å²) in [7, 11) is 5.44. The van der Waals surface area contributed by atoms with Crippen molar-refractivity contribution in [2.45, 2.75) is 70.6 Å². The molecule has 0 aromatic carbocycles. The molecule has 1 aromatic rings. The number of hydrogen-bond donors (Lipinski definition) is 0. The fourth-order valence-corrected chi connectivity index (χ4v) is 2.98. The van der Waals surface area contributed by atoms with E-state index < -0.39 is 0 Å². The Hall–Kier alpha value is -1.33. The second-order valence-corrected chi connectivity index (χ2v) is 6.11. The van der Waals surface area contributed by atoms with E-state index in [-0.39, 0.29) is 23.6 Å². The number of ether oxygens (including phenoxy) is 1. The van der Waals surface area contributed by atoms with Crippen molar-refractivity contribution in [1.82, 2.24) is 10.2 Å². The molecular formula is C16H25BN2O3. The van der Waals surface area contributed by atoms with Gasteiger partial charge in [-0.15, -0.1) is 10.2 Å². The molecule has 2 rings (SSSR count). The molecule has 1 aliphatic rings. The average molecular weight is 304 g/mol. The molecule has 5 nitrogen and oxygen atoms in total. The van der Waals surface area contributed by atoms with E-state index in [1.165, 1.54) is 19.3 Å². The molecule has 1 fully saturated rings. The molecule has 0 N–H and O–H groups in total. The third-order valence-electron chi connectivity index (χ3n) is 4.36. The van der Waals surface area contributed by atoms with E-state index in [2.05, 4.69) is 17.1 Å². The maximum Gasteiger partial charge on any atom is 0.308 e. The smallest absolute Gasteiger partial charge is 0.308 e. The van der Waals surface area contributed by atoms with Crippen LogP contribution in [-0.2, 0) is 9.53 Å². The van der Waals surface area contributed by atoms with Crippen LogP contribution in [0.15, 0.2) is 4.42 Å². The van der Waals surface area contributed by atoms with E-state index in [1.54, 1.807) is 0 Å². The third kappa shape index (κ3) is 5.14. The Kier molecular flexibility index (Phi) is 6.94. The van der Waals surface area contributed by atoms with Gasteiger partial charge in [-0.1, -0.05) is 32.6 Å². The number of rotatable bonds is 8. The average Bonchev–Trinajstić information content (AvgIpc) is 2.97. The van der Waals surface area contributed by atoms with Gasteiger partial charge in [-0.2, -0.15) is 0 Å². The van der Waals surface area contributed by atoms with Gasteiger partial charge >= 0.3 is 5.97 Å². The molecule has 1 aliphatic carbocycles. The van der Waals surface area contributed by atoms with Crippen LogP contribution in [0.3, 0.4) is 0 Å². The Morgan fingerprint density at radius 2 is 1.91 bits per heavy atom. The van der Waals surface area contributed by atoms with E-state index in [4.69, 9.17) is 17.0 Å². The monoisotopic (exact) mass is 304 g/mol. The minimum atomic E-state index is -0.0426. The van der Waals surface area contributed by atoms with Crippen molar-refractivity contribution >= 4 is 19.6 Å². The Balaban J connectivity index is 1.62. The Morgan fingerprint density at radius 3 is 2.55 bits per heavy atom. The Labute approximate surface area is 133 Å². The summed E-state index contributed by atoms with van der Waals surface area (Å²) in [6, 6.07) is 0. The summed E-state index contributed by atoms with van der Waals surface area (Å²) in [6.07, 6.45) is 9.23. The molecule has 22 heavy (non-hydrogen) atoms. The SMILES string of the molecule is [B]c1nnc(C2CCC(C(=O)OCCCCCCC)CC2)o1. The van der Waals surface area contributed by atoms with Crippen molar-refractivity contribution < 1.29 is 13.9 Å². The minimum absolute atomic E-state index is 0.0205. The molecule has 2 radical (unpaired) electrons. The summed E-state index contributed by atoms with van der Waals surface area (Å²) < 4.78 is 10.7. The van der Waals surface area contributed by atoms with Crippen LogP contribution in [0.5, 0.6) is 0 Å². The number of esters is 1.